The number of rotatable bonds is 4. The molecular formula is C7H11F2N3. The summed E-state index contributed by atoms with van der Waals surface area (Å²) in [7, 11) is 0. The van der Waals surface area contributed by atoms with E-state index in [1.54, 1.807) is 0 Å². The molecule has 0 aliphatic heterocycles. The van der Waals surface area contributed by atoms with Crippen LogP contribution >= 0.6 is 0 Å². The van der Waals surface area contributed by atoms with Crippen molar-refractivity contribution in [1.29, 1.82) is 0 Å². The average Bonchev–Trinajstić information content (AvgIpc) is 2.48. The Morgan fingerprint density at radius 2 is 2.33 bits per heavy atom. The zero-order valence-electron chi connectivity index (χ0n) is 6.56. The first kappa shape index (κ1) is 9.12. The van der Waals surface area contributed by atoms with Gasteiger partial charge in [-0.1, -0.05) is 0 Å². The minimum absolute atomic E-state index is 0.262. The zero-order chi connectivity index (χ0) is 8.97. The number of hydrogen-bond acceptors (Lipinski definition) is 2. The van der Waals surface area contributed by atoms with Gasteiger partial charge in [0, 0.05) is 11.9 Å². The minimum Gasteiger partial charge on any atom is -0.341 e. The predicted molar refractivity (Wildman–Crippen MR) is 40.9 cm³/mol. The fraction of sp³-hybridized carbons (Fsp3) is 0.571. The van der Waals surface area contributed by atoms with E-state index in [0.29, 0.717) is 13.0 Å². The summed E-state index contributed by atoms with van der Waals surface area (Å²) in [5.41, 5.74) is 5.98. The van der Waals surface area contributed by atoms with Gasteiger partial charge in [0.2, 0.25) is 0 Å². The number of halogens is 2. The summed E-state index contributed by atoms with van der Waals surface area (Å²) in [6, 6.07) is 0. The molecule has 0 aliphatic rings. The van der Waals surface area contributed by atoms with E-state index >= 15 is 0 Å². The van der Waals surface area contributed by atoms with E-state index in [4.69, 9.17) is 5.73 Å². The highest BCUT2D eigenvalue weighted by atomic mass is 19.3. The van der Waals surface area contributed by atoms with E-state index < -0.39 is 6.43 Å². The van der Waals surface area contributed by atoms with Crippen molar-refractivity contribution in [2.24, 2.45) is 5.73 Å². The van der Waals surface area contributed by atoms with Gasteiger partial charge in [-0.2, -0.15) is 0 Å². The lowest BCUT2D eigenvalue weighted by atomic mass is 10.2. The largest absolute Gasteiger partial charge is 0.341 e. The summed E-state index contributed by atoms with van der Waals surface area (Å²) in [5, 5.41) is 0. The third-order valence-electron chi connectivity index (χ3n) is 1.51. The van der Waals surface area contributed by atoms with Gasteiger partial charge >= 0.3 is 0 Å². The normalized spacial score (nSPS) is 11.0. The number of hydrogen-bond donors (Lipinski definition) is 2. The van der Waals surface area contributed by atoms with Crippen molar-refractivity contribution in [2.75, 3.05) is 6.54 Å². The number of nitrogens with one attached hydrogen (secondary N) is 1. The highest BCUT2D eigenvalue weighted by Crippen LogP contribution is 2.14. The molecule has 0 saturated carbocycles. The number of H-pyrrole nitrogens is 1. The smallest absolute Gasteiger partial charge is 0.295 e. The number of nitrogens with zero attached hydrogens (tertiary/aromatic N) is 1. The lowest BCUT2D eigenvalue weighted by Gasteiger charge is -1.93. The van der Waals surface area contributed by atoms with Crippen LogP contribution in [-0.4, -0.2) is 16.5 Å². The van der Waals surface area contributed by atoms with Crippen LogP contribution in [0, 0.1) is 0 Å². The third kappa shape index (κ3) is 2.27. The van der Waals surface area contributed by atoms with Gasteiger partial charge < -0.3 is 10.7 Å². The predicted octanol–water partition coefficient (Wildman–Crippen LogP) is 1.24. The van der Waals surface area contributed by atoms with Crippen LogP contribution in [0.4, 0.5) is 8.78 Å². The molecule has 0 aliphatic carbocycles. The van der Waals surface area contributed by atoms with Gasteiger partial charge in [-0.25, -0.2) is 13.8 Å². The Kier molecular flexibility index (Phi) is 3.16. The van der Waals surface area contributed by atoms with Gasteiger partial charge in [-0.15, -0.1) is 0 Å². The third-order valence-corrected chi connectivity index (χ3v) is 1.51. The lowest BCUT2D eigenvalue weighted by Crippen LogP contribution is -2.00. The minimum atomic E-state index is -2.52. The van der Waals surface area contributed by atoms with Gasteiger partial charge in [0.1, 0.15) is 0 Å². The summed E-state index contributed by atoms with van der Waals surface area (Å²) in [6.45, 7) is 0.559. The van der Waals surface area contributed by atoms with E-state index in [1.807, 2.05) is 0 Å². The van der Waals surface area contributed by atoms with E-state index in [9.17, 15) is 8.78 Å². The average molecular weight is 175 g/mol. The first-order chi connectivity index (χ1) is 5.74. The molecule has 0 unspecified atom stereocenters. The molecule has 1 heterocycles. The maximum Gasteiger partial charge on any atom is 0.295 e. The Morgan fingerprint density at radius 3 is 2.83 bits per heavy atom. The van der Waals surface area contributed by atoms with Crippen molar-refractivity contribution < 1.29 is 8.78 Å². The number of aromatic amines is 1. The van der Waals surface area contributed by atoms with Crippen LogP contribution in [-0.2, 0) is 6.42 Å². The molecule has 0 atom stereocenters. The Labute approximate surface area is 69.0 Å². The van der Waals surface area contributed by atoms with Crippen LogP contribution in [0.3, 0.4) is 0 Å². The molecule has 3 N–H and O–H groups in total. The molecule has 1 rings (SSSR count). The first-order valence-electron chi connectivity index (χ1n) is 3.76. The molecule has 0 fully saturated rings. The molecule has 0 saturated heterocycles. The summed E-state index contributed by atoms with van der Waals surface area (Å²) in [5.74, 6) is -0.262. The summed E-state index contributed by atoms with van der Waals surface area (Å²) in [4.78, 5) is 6.05. The maximum atomic E-state index is 12.0. The van der Waals surface area contributed by atoms with E-state index in [-0.39, 0.29) is 5.82 Å². The second kappa shape index (κ2) is 4.15. The van der Waals surface area contributed by atoms with Crippen molar-refractivity contribution in [3.63, 3.8) is 0 Å². The SMILES string of the molecule is NCCCc1cnc(C(F)F)[nH]1. The highest BCUT2D eigenvalue weighted by Gasteiger charge is 2.10. The second-order valence-corrected chi connectivity index (χ2v) is 2.49. The molecule has 12 heavy (non-hydrogen) atoms. The number of aromatic nitrogens is 2. The summed E-state index contributed by atoms with van der Waals surface area (Å²) < 4.78 is 24.0. The summed E-state index contributed by atoms with van der Waals surface area (Å²) in [6.07, 6.45) is 0.370. The van der Waals surface area contributed by atoms with E-state index in [2.05, 4.69) is 9.97 Å². The number of alkyl halides is 2. The van der Waals surface area contributed by atoms with E-state index in [0.717, 1.165) is 12.1 Å². The molecule has 1 aromatic heterocycles. The Hall–Kier alpha value is -0.970. The van der Waals surface area contributed by atoms with Gasteiger partial charge in [0.15, 0.2) is 5.82 Å². The Balaban J connectivity index is 2.52. The van der Waals surface area contributed by atoms with Crippen LogP contribution in [0.1, 0.15) is 24.4 Å². The molecule has 0 amide bonds. The van der Waals surface area contributed by atoms with Gasteiger partial charge in [-0.3, -0.25) is 0 Å². The van der Waals surface area contributed by atoms with Gasteiger partial charge in [-0.05, 0) is 19.4 Å². The molecule has 3 nitrogen and oxygen atoms in total. The van der Waals surface area contributed by atoms with Crippen molar-refractivity contribution >= 4 is 0 Å². The van der Waals surface area contributed by atoms with Crippen molar-refractivity contribution in [3.8, 4) is 0 Å². The van der Waals surface area contributed by atoms with Crippen LogP contribution in [0.15, 0.2) is 6.20 Å². The highest BCUT2D eigenvalue weighted by molar-refractivity contribution is 5.02. The van der Waals surface area contributed by atoms with E-state index in [1.165, 1.54) is 6.20 Å². The number of aryl methyl sites for hydroxylation is 1. The quantitative estimate of drug-likeness (QED) is 0.723. The van der Waals surface area contributed by atoms with Gasteiger partial charge in [0.25, 0.3) is 6.43 Å². The molecule has 5 heteroatoms. The van der Waals surface area contributed by atoms with Gasteiger partial charge in [0.05, 0.1) is 0 Å². The maximum absolute atomic E-state index is 12.0. The molecule has 0 aromatic carbocycles. The van der Waals surface area contributed by atoms with Crippen LogP contribution < -0.4 is 5.73 Å². The lowest BCUT2D eigenvalue weighted by molar-refractivity contribution is 0.141. The van der Waals surface area contributed by atoms with Crippen LogP contribution in [0.5, 0.6) is 0 Å². The zero-order valence-corrected chi connectivity index (χ0v) is 6.56. The van der Waals surface area contributed by atoms with Crippen molar-refractivity contribution in [2.45, 2.75) is 19.3 Å². The molecule has 1 aromatic rings. The monoisotopic (exact) mass is 175 g/mol. The second-order valence-electron chi connectivity index (χ2n) is 2.49. The summed E-state index contributed by atoms with van der Waals surface area (Å²) >= 11 is 0. The molecule has 0 radical (unpaired) electrons. The van der Waals surface area contributed by atoms with Crippen LogP contribution in [0.25, 0.3) is 0 Å². The molecular weight excluding hydrogens is 164 g/mol. The Morgan fingerprint density at radius 1 is 1.58 bits per heavy atom. The van der Waals surface area contributed by atoms with Crippen molar-refractivity contribution in [3.05, 3.63) is 17.7 Å². The fourth-order valence-electron chi connectivity index (χ4n) is 0.907. The van der Waals surface area contributed by atoms with Crippen LogP contribution in [0.2, 0.25) is 0 Å². The van der Waals surface area contributed by atoms with Crippen molar-refractivity contribution in [1.82, 2.24) is 9.97 Å². The fourth-order valence-corrected chi connectivity index (χ4v) is 0.907. The molecule has 68 valence electrons. The molecule has 0 spiro atoms. The molecule has 0 bridgehead atoms. The standard InChI is InChI=1S/C7H11F2N3/c8-6(9)7-11-4-5(12-7)2-1-3-10/h4,6H,1-3,10H2,(H,11,12). The number of imidazole rings is 1. The Bertz CT molecular complexity index is 234. The first-order valence-corrected chi connectivity index (χ1v) is 3.76. The number of nitrogens with two attached hydrogens (primary N) is 1. The topological polar surface area (TPSA) is 54.7 Å².